The van der Waals surface area contributed by atoms with Gasteiger partial charge in [0.1, 0.15) is 5.82 Å². The van der Waals surface area contributed by atoms with E-state index in [1.165, 1.54) is 17.7 Å². The molecule has 1 aliphatic heterocycles. The van der Waals surface area contributed by atoms with E-state index in [1.807, 2.05) is 43.7 Å². The van der Waals surface area contributed by atoms with E-state index in [9.17, 15) is 9.18 Å². The first kappa shape index (κ1) is 27.1. The molecule has 1 aliphatic rings. The van der Waals surface area contributed by atoms with Crippen molar-refractivity contribution in [3.05, 3.63) is 107 Å². The predicted molar refractivity (Wildman–Crippen MR) is 156 cm³/mol. The lowest BCUT2D eigenvalue weighted by molar-refractivity contribution is 0.102. The molecule has 1 aromatic heterocycles. The minimum atomic E-state index is -0.371. The van der Waals surface area contributed by atoms with Gasteiger partial charge >= 0.3 is 0 Å². The van der Waals surface area contributed by atoms with Crippen LogP contribution in [-0.4, -0.2) is 33.7 Å². The summed E-state index contributed by atoms with van der Waals surface area (Å²) in [5.74, 6) is -0.0146. The molecule has 202 valence electrons. The SMILES string of the molecule is CC(C)(C)n1ncc(C(=O)Nc2ccc(Cl)c(CN3CCC(c4ccccc4)CC3)c2)c1-c1ccc(F)cc1. The van der Waals surface area contributed by atoms with Gasteiger partial charge in [-0.15, -0.1) is 0 Å². The topological polar surface area (TPSA) is 50.2 Å². The number of carbonyl (C=O) groups excluding carboxylic acids is 1. The van der Waals surface area contributed by atoms with Crippen molar-refractivity contribution in [2.24, 2.45) is 0 Å². The van der Waals surface area contributed by atoms with Crippen molar-refractivity contribution < 1.29 is 9.18 Å². The van der Waals surface area contributed by atoms with E-state index in [0.29, 0.717) is 27.9 Å². The molecule has 1 amide bonds. The number of nitrogens with one attached hydrogen (secondary N) is 1. The number of anilines is 1. The van der Waals surface area contributed by atoms with Gasteiger partial charge in [0.2, 0.25) is 0 Å². The van der Waals surface area contributed by atoms with E-state index >= 15 is 0 Å². The van der Waals surface area contributed by atoms with Crippen LogP contribution in [0.3, 0.4) is 0 Å². The lowest BCUT2D eigenvalue weighted by Crippen LogP contribution is -2.32. The van der Waals surface area contributed by atoms with Gasteiger partial charge < -0.3 is 5.32 Å². The summed E-state index contributed by atoms with van der Waals surface area (Å²) in [6, 6.07) is 22.5. The molecule has 0 saturated carbocycles. The van der Waals surface area contributed by atoms with Gasteiger partial charge in [0, 0.05) is 22.8 Å². The first-order chi connectivity index (χ1) is 18.7. The Kier molecular flexibility index (Phi) is 7.87. The zero-order valence-electron chi connectivity index (χ0n) is 22.6. The Morgan fingerprint density at radius 1 is 1.03 bits per heavy atom. The number of piperidine rings is 1. The van der Waals surface area contributed by atoms with Gasteiger partial charge in [0.25, 0.3) is 5.91 Å². The van der Waals surface area contributed by atoms with E-state index in [-0.39, 0.29) is 17.3 Å². The fourth-order valence-electron chi connectivity index (χ4n) is 5.27. The largest absolute Gasteiger partial charge is 0.322 e. The lowest BCUT2D eigenvalue weighted by Gasteiger charge is -2.32. The first-order valence-corrected chi connectivity index (χ1v) is 13.8. The van der Waals surface area contributed by atoms with Crippen LogP contribution in [0.5, 0.6) is 0 Å². The number of aromatic nitrogens is 2. The summed E-state index contributed by atoms with van der Waals surface area (Å²) in [5.41, 5.74) is 4.50. The number of hydrogen-bond donors (Lipinski definition) is 1. The molecule has 4 aromatic rings. The number of hydrogen-bond acceptors (Lipinski definition) is 3. The zero-order chi connectivity index (χ0) is 27.6. The third-order valence-corrected chi connectivity index (χ3v) is 7.69. The van der Waals surface area contributed by atoms with Crippen molar-refractivity contribution in [2.75, 3.05) is 18.4 Å². The molecule has 5 rings (SSSR count). The molecule has 7 heteroatoms. The number of benzene rings is 3. The summed E-state index contributed by atoms with van der Waals surface area (Å²) < 4.78 is 15.4. The third-order valence-electron chi connectivity index (χ3n) is 7.32. The van der Waals surface area contributed by atoms with Gasteiger partial charge in [-0.1, -0.05) is 41.9 Å². The number of nitrogens with zero attached hydrogens (tertiary/aromatic N) is 3. The van der Waals surface area contributed by atoms with Crippen LogP contribution in [0.15, 0.2) is 79.0 Å². The van der Waals surface area contributed by atoms with E-state index in [2.05, 4.69) is 45.6 Å². The molecule has 39 heavy (non-hydrogen) atoms. The van der Waals surface area contributed by atoms with E-state index in [0.717, 1.165) is 43.6 Å². The lowest BCUT2D eigenvalue weighted by atomic mass is 9.89. The highest BCUT2D eigenvalue weighted by Crippen LogP contribution is 2.32. The van der Waals surface area contributed by atoms with E-state index in [1.54, 1.807) is 18.3 Å². The average Bonchev–Trinajstić information content (AvgIpc) is 3.38. The van der Waals surface area contributed by atoms with E-state index < -0.39 is 0 Å². The molecule has 2 heterocycles. The first-order valence-electron chi connectivity index (χ1n) is 13.4. The third kappa shape index (κ3) is 6.23. The molecule has 3 aromatic carbocycles. The molecular weight excluding hydrogens is 511 g/mol. The van der Waals surface area contributed by atoms with Gasteiger partial charge in [-0.25, -0.2) is 4.39 Å². The second-order valence-electron chi connectivity index (χ2n) is 11.2. The molecule has 1 fully saturated rings. The molecule has 0 aliphatic carbocycles. The van der Waals surface area contributed by atoms with Crippen molar-refractivity contribution in [3.63, 3.8) is 0 Å². The molecule has 5 nitrogen and oxygen atoms in total. The molecular formula is C32H34ClFN4O. The summed E-state index contributed by atoms with van der Waals surface area (Å²) in [6.07, 6.45) is 3.80. The standard InChI is InChI=1S/C32H34ClFN4O/c1-32(2,3)38-30(24-9-11-26(34)12-10-24)28(20-35-38)31(39)36-27-13-14-29(33)25(19-27)21-37-17-15-23(16-18-37)22-7-5-4-6-8-22/h4-14,19-20,23H,15-18,21H2,1-3H3,(H,36,39). The Balaban J connectivity index is 1.32. The Hall–Kier alpha value is -3.48. The predicted octanol–water partition coefficient (Wildman–Crippen LogP) is 7.73. The smallest absolute Gasteiger partial charge is 0.259 e. The maximum atomic E-state index is 13.6. The van der Waals surface area contributed by atoms with Crippen LogP contribution in [-0.2, 0) is 12.1 Å². The molecule has 1 saturated heterocycles. The van der Waals surface area contributed by atoms with Gasteiger partial charge in [-0.05, 0) is 106 Å². The molecule has 1 N–H and O–H groups in total. The fourth-order valence-corrected chi connectivity index (χ4v) is 5.45. The fraction of sp³-hybridized carbons (Fsp3) is 0.312. The number of rotatable bonds is 6. The van der Waals surface area contributed by atoms with Gasteiger partial charge in [-0.3, -0.25) is 14.4 Å². The normalized spacial score (nSPS) is 14.9. The van der Waals surface area contributed by atoms with Gasteiger partial charge in [0.05, 0.1) is 23.0 Å². The molecule has 0 radical (unpaired) electrons. The summed E-state index contributed by atoms with van der Waals surface area (Å²) in [6.45, 7) is 8.78. The molecule has 0 spiro atoms. The summed E-state index contributed by atoms with van der Waals surface area (Å²) >= 11 is 6.58. The van der Waals surface area contributed by atoms with Crippen molar-refractivity contribution in [2.45, 2.75) is 51.6 Å². The highest BCUT2D eigenvalue weighted by Gasteiger charge is 2.26. The van der Waals surface area contributed by atoms with Crippen molar-refractivity contribution >= 4 is 23.2 Å². The zero-order valence-corrected chi connectivity index (χ0v) is 23.4. The second kappa shape index (κ2) is 11.3. The van der Waals surface area contributed by atoms with Crippen molar-refractivity contribution in [1.82, 2.24) is 14.7 Å². The second-order valence-corrected chi connectivity index (χ2v) is 11.6. The van der Waals surface area contributed by atoms with Crippen LogP contribution in [0.1, 0.15) is 61.0 Å². The van der Waals surface area contributed by atoms with Crippen LogP contribution in [0.4, 0.5) is 10.1 Å². The molecule has 0 unspecified atom stereocenters. The maximum absolute atomic E-state index is 13.6. The quantitative estimate of drug-likeness (QED) is 0.270. The van der Waals surface area contributed by atoms with Gasteiger partial charge in [-0.2, -0.15) is 5.10 Å². The molecule has 0 atom stereocenters. The number of carbonyl (C=O) groups is 1. The van der Waals surface area contributed by atoms with Crippen LogP contribution >= 0.6 is 11.6 Å². The summed E-state index contributed by atoms with van der Waals surface area (Å²) in [5, 5.41) is 8.24. The molecule has 0 bridgehead atoms. The maximum Gasteiger partial charge on any atom is 0.259 e. The minimum Gasteiger partial charge on any atom is -0.322 e. The summed E-state index contributed by atoms with van der Waals surface area (Å²) in [4.78, 5) is 15.9. The summed E-state index contributed by atoms with van der Waals surface area (Å²) in [7, 11) is 0. The van der Waals surface area contributed by atoms with Gasteiger partial charge in [0.15, 0.2) is 0 Å². The highest BCUT2D eigenvalue weighted by molar-refractivity contribution is 6.31. The number of likely N-dealkylation sites (tertiary alicyclic amines) is 1. The monoisotopic (exact) mass is 544 g/mol. The Labute approximate surface area is 234 Å². The number of halogens is 2. The van der Waals surface area contributed by atoms with Crippen molar-refractivity contribution in [3.8, 4) is 11.3 Å². The van der Waals surface area contributed by atoms with Crippen LogP contribution in [0.2, 0.25) is 5.02 Å². The Morgan fingerprint density at radius 3 is 2.38 bits per heavy atom. The van der Waals surface area contributed by atoms with Crippen LogP contribution < -0.4 is 5.32 Å². The number of amides is 1. The minimum absolute atomic E-state index is 0.276. The Bertz CT molecular complexity index is 1440. The van der Waals surface area contributed by atoms with Crippen molar-refractivity contribution in [1.29, 1.82) is 0 Å². The van der Waals surface area contributed by atoms with Crippen LogP contribution in [0, 0.1) is 5.82 Å². The highest BCUT2D eigenvalue weighted by atomic mass is 35.5. The van der Waals surface area contributed by atoms with E-state index in [4.69, 9.17) is 11.6 Å². The Morgan fingerprint density at radius 2 is 1.72 bits per heavy atom. The van der Waals surface area contributed by atoms with Crippen LogP contribution in [0.25, 0.3) is 11.3 Å². The average molecular weight is 545 g/mol.